The highest BCUT2D eigenvalue weighted by molar-refractivity contribution is 14.1. The lowest BCUT2D eigenvalue weighted by atomic mass is 10.1. The molecule has 0 fully saturated rings. The van der Waals surface area contributed by atoms with Crippen LogP contribution in [0.5, 0.6) is 11.5 Å². The minimum absolute atomic E-state index is 0.0158. The molecular weight excluding hydrogens is 449 g/mol. The van der Waals surface area contributed by atoms with Crippen LogP contribution in [-0.4, -0.2) is 22.0 Å². The fourth-order valence-electron chi connectivity index (χ4n) is 2.03. The number of amides is 2. The maximum atomic E-state index is 11.9. The molecule has 5 N–H and O–H groups in total. The van der Waals surface area contributed by atoms with Gasteiger partial charge in [-0.1, -0.05) is 6.58 Å². The van der Waals surface area contributed by atoms with Gasteiger partial charge in [0.05, 0.1) is 5.70 Å². The van der Waals surface area contributed by atoms with Gasteiger partial charge in [-0.2, -0.15) is 0 Å². The number of hydrogen-bond acceptors (Lipinski definition) is 5. The number of aromatic hydroxyl groups is 2. The number of anilines is 1. The number of halogens is 1. The number of carbonyl (C=O) groups is 2. The zero-order chi connectivity index (χ0) is 19.1. The van der Waals surface area contributed by atoms with Crippen LogP contribution in [0.1, 0.15) is 18.4 Å². The Balaban J connectivity index is 1.75. The van der Waals surface area contributed by atoms with Gasteiger partial charge < -0.3 is 15.5 Å². The van der Waals surface area contributed by atoms with Gasteiger partial charge in [0, 0.05) is 33.7 Å². The third-order valence-corrected chi connectivity index (χ3v) is 4.09. The molecule has 2 rings (SSSR count). The Labute approximate surface area is 164 Å². The minimum atomic E-state index is -0.401. The second-order valence-corrected chi connectivity index (χ2v) is 6.65. The first-order valence-electron chi connectivity index (χ1n) is 7.66. The number of nitrogens with one attached hydrogen (secondary N) is 3. The van der Waals surface area contributed by atoms with E-state index in [2.05, 4.69) is 45.3 Å². The zero-order valence-corrected chi connectivity index (χ0v) is 15.9. The van der Waals surface area contributed by atoms with Crippen molar-refractivity contribution in [2.45, 2.75) is 12.8 Å². The van der Waals surface area contributed by atoms with Gasteiger partial charge in [0.15, 0.2) is 0 Å². The molecule has 2 amide bonds. The standard InChI is InChI=1S/C18H18IN3O4/c1-11(15-7-6-14(23)10-16(15)24)21-22-18(26)9-8-17(25)20-13-4-2-12(19)3-5-13/h2-7,10,21,23-24H,1,8-9H2,(H,20,25)(H,22,26). The molecular formula is C18H18IN3O4. The maximum absolute atomic E-state index is 11.9. The average molecular weight is 467 g/mol. The molecule has 0 spiro atoms. The van der Waals surface area contributed by atoms with Crippen molar-refractivity contribution >= 4 is 45.8 Å². The minimum Gasteiger partial charge on any atom is -0.508 e. The lowest BCUT2D eigenvalue weighted by Crippen LogP contribution is -2.36. The van der Waals surface area contributed by atoms with E-state index < -0.39 is 5.91 Å². The van der Waals surface area contributed by atoms with E-state index in [1.807, 2.05) is 12.1 Å². The normalized spacial score (nSPS) is 10.0. The molecule has 0 radical (unpaired) electrons. The van der Waals surface area contributed by atoms with Crippen LogP contribution in [0.2, 0.25) is 0 Å². The van der Waals surface area contributed by atoms with Crippen LogP contribution in [0.3, 0.4) is 0 Å². The van der Waals surface area contributed by atoms with Crippen molar-refractivity contribution in [3.05, 3.63) is 58.2 Å². The SMILES string of the molecule is C=C(NNC(=O)CCC(=O)Nc1ccc(I)cc1)c1ccc(O)cc1O. The Morgan fingerprint density at radius 3 is 2.27 bits per heavy atom. The lowest BCUT2D eigenvalue weighted by Gasteiger charge is -2.12. The number of carbonyl (C=O) groups excluding carboxylic acids is 2. The number of phenols is 2. The van der Waals surface area contributed by atoms with Gasteiger partial charge in [0.2, 0.25) is 11.8 Å². The van der Waals surface area contributed by atoms with Gasteiger partial charge in [-0.25, -0.2) is 0 Å². The summed E-state index contributed by atoms with van der Waals surface area (Å²) in [7, 11) is 0. The Morgan fingerprint density at radius 1 is 0.962 bits per heavy atom. The first-order valence-corrected chi connectivity index (χ1v) is 8.74. The van der Waals surface area contributed by atoms with E-state index in [9.17, 15) is 19.8 Å². The summed E-state index contributed by atoms with van der Waals surface area (Å²) in [4.78, 5) is 23.7. The predicted octanol–water partition coefficient (Wildman–Crippen LogP) is 2.71. The fourth-order valence-corrected chi connectivity index (χ4v) is 2.39. The van der Waals surface area contributed by atoms with Gasteiger partial charge in [-0.3, -0.25) is 20.4 Å². The summed E-state index contributed by atoms with van der Waals surface area (Å²) in [6.45, 7) is 3.70. The van der Waals surface area contributed by atoms with Crippen LogP contribution in [0.25, 0.3) is 5.70 Å². The molecule has 0 aliphatic heterocycles. The molecule has 0 saturated heterocycles. The molecule has 8 heteroatoms. The second-order valence-electron chi connectivity index (χ2n) is 5.41. The molecule has 0 unspecified atom stereocenters. The zero-order valence-electron chi connectivity index (χ0n) is 13.8. The van der Waals surface area contributed by atoms with Crippen LogP contribution in [0, 0.1) is 3.57 Å². The van der Waals surface area contributed by atoms with Gasteiger partial charge in [-0.05, 0) is 59.0 Å². The van der Waals surface area contributed by atoms with Crippen molar-refractivity contribution in [3.63, 3.8) is 0 Å². The van der Waals surface area contributed by atoms with Gasteiger partial charge in [-0.15, -0.1) is 0 Å². The van der Waals surface area contributed by atoms with Crippen molar-refractivity contribution in [1.29, 1.82) is 0 Å². The van der Waals surface area contributed by atoms with Crippen LogP contribution >= 0.6 is 22.6 Å². The monoisotopic (exact) mass is 467 g/mol. The Morgan fingerprint density at radius 2 is 1.62 bits per heavy atom. The highest BCUT2D eigenvalue weighted by atomic mass is 127. The van der Waals surface area contributed by atoms with E-state index in [4.69, 9.17) is 0 Å². The average Bonchev–Trinajstić information content (AvgIpc) is 2.60. The van der Waals surface area contributed by atoms with Crippen molar-refractivity contribution in [1.82, 2.24) is 10.9 Å². The lowest BCUT2D eigenvalue weighted by molar-refractivity contribution is -0.124. The molecule has 0 aromatic heterocycles. The third kappa shape index (κ3) is 5.96. The summed E-state index contributed by atoms with van der Waals surface area (Å²) < 4.78 is 1.06. The van der Waals surface area contributed by atoms with E-state index >= 15 is 0 Å². The summed E-state index contributed by atoms with van der Waals surface area (Å²) in [5, 5.41) is 21.7. The maximum Gasteiger partial charge on any atom is 0.238 e. The van der Waals surface area contributed by atoms with Crippen molar-refractivity contribution in [2.75, 3.05) is 5.32 Å². The molecule has 26 heavy (non-hydrogen) atoms. The number of hydrogen-bond donors (Lipinski definition) is 5. The molecule has 0 atom stereocenters. The molecule has 136 valence electrons. The van der Waals surface area contributed by atoms with Crippen LogP contribution in [-0.2, 0) is 9.59 Å². The van der Waals surface area contributed by atoms with E-state index in [1.54, 1.807) is 12.1 Å². The van der Waals surface area contributed by atoms with E-state index in [0.717, 1.165) is 3.57 Å². The van der Waals surface area contributed by atoms with Gasteiger partial charge in [0.25, 0.3) is 0 Å². The number of hydrazine groups is 1. The third-order valence-electron chi connectivity index (χ3n) is 3.37. The summed E-state index contributed by atoms with van der Waals surface area (Å²) in [5.41, 5.74) is 6.23. The molecule has 0 bridgehead atoms. The Kier molecular flexibility index (Phi) is 6.84. The summed E-state index contributed by atoms with van der Waals surface area (Å²) in [6.07, 6.45) is 0.00841. The molecule has 0 saturated carbocycles. The predicted molar refractivity (Wildman–Crippen MR) is 107 cm³/mol. The first kappa shape index (κ1) is 19.6. The molecule has 0 aliphatic rings. The summed E-state index contributed by atoms with van der Waals surface area (Å²) in [6, 6.07) is 11.3. The summed E-state index contributed by atoms with van der Waals surface area (Å²) in [5.74, 6) is -0.922. The topological polar surface area (TPSA) is 111 Å². The van der Waals surface area contributed by atoms with Gasteiger partial charge in [0.1, 0.15) is 11.5 Å². The number of rotatable bonds is 7. The smallest absolute Gasteiger partial charge is 0.238 e. The van der Waals surface area contributed by atoms with Crippen molar-refractivity contribution in [2.24, 2.45) is 0 Å². The molecule has 7 nitrogen and oxygen atoms in total. The fraction of sp³-hybridized carbons (Fsp3) is 0.111. The van der Waals surface area contributed by atoms with Crippen LogP contribution in [0.4, 0.5) is 5.69 Å². The Hall–Kier alpha value is -2.75. The summed E-state index contributed by atoms with van der Waals surface area (Å²) >= 11 is 2.17. The van der Waals surface area contributed by atoms with E-state index in [-0.39, 0.29) is 35.9 Å². The molecule has 2 aromatic carbocycles. The Bertz CT molecular complexity index is 822. The van der Waals surface area contributed by atoms with E-state index in [1.165, 1.54) is 18.2 Å². The highest BCUT2D eigenvalue weighted by Gasteiger charge is 2.10. The first-order chi connectivity index (χ1) is 12.3. The molecule has 0 aliphatic carbocycles. The largest absolute Gasteiger partial charge is 0.508 e. The number of benzene rings is 2. The van der Waals surface area contributed by atoms with Crippen LogP contribution < -0.4 is 16.2 Å². The van der Waals surface area contributed by atoms with Crippen molar-refractivity contribution < 1.29 is 19.8 Å². The van der Waals surface area contributed by atoms with Crippen molar-refractivity contribution in [3.8, 4) is 11.5 Å². The number of phenolic OH excluding ortho intramolecular Hbond substituents is 2. The molecule has 2 aromatic rings. The molecule has 0 heterocycles. The second kappa shape index (κ2) is 9.09. The van der Waals surface area contributed by atoms with E-state index in [0.29, 0.717) is 11.3 Å². The highest BCUT2D eigenvalue weighted by Crippen LogP contribution is 2.26. The van der Waals surface area contributed by atoms with Crippen LogP contribution in [0.15, 0.2) is 49.0 Å². The van der Waals surface area contributed by atoms with Gasteiger partial charge >= 0.3 is 0 Å². The quantitative estimate of drug-likeness (QED) is 0.318.